The second-order valence-electron chi connectivity index (χ2n) is 2.31. The van der Waals surface area contributed by atoms with Crippen molar-refractivity contribution in [3.8, 4) is 0 Å². The van der Waals surface area contributed by atoms with Gasteiger partial charge in [0.15, 0.2) is 0 Å². The van der Waals surface area contributed by atoms with E-state index < -0.39 is 0 Å². The fourth-order valence-electron chi connectivity index (χ4n) is 0.732. The van der Waals surface area contributed by atoms with Crippen LogP contribution in [-0.4, -0.2) is 23.5 Å². The van der Waals surface area contributed by atoms with E-state index in [0.29, 0.717) is 0 Å². The van der Waals surface area contributed by atoms with E-state index in [4.69, 9.17) is 4.74 Å². The molecule has 1 fully saturated rings. The van der Waals surface area contributed by atoms with E-state index in [0.717, 1.165) is 0 Å². The SMILES string of the molecule is CC(C)N1[CH-]OCC1=O. The highest BCUT2D eigenvalue weighted by atomic mass is 16.5. The molecule has 0 unspecified atom stereocenters. The van der Waals surface area contributed by atoms with Gasteiger partial charge in [-0.1, -0.05) is 0 Å². The zero-order valence-electron chi connectivity index (χ0n) is 5.63. The highest BCUT2D eigenvalue weighted by Gasteiger charge is 2.13. The Balaban J connectivity index is 2.49. The minimum Gasteiger partial charge on any atom is -0.525 e. The van der Waals surface area contributed by atoms with Crippen LogP contribution in [0.25, 0.3) is 0 Å². The van der Waals surface area contributed by atoms with E-state index in [-0.39, 0.29) is 18.6 Å². The number of hydrogen-bond donors (Lipinski definition) is 0. The Morgan fingerprint density at radius 3 is 2.67 bits per heavy atom. The molecule has 1 heterocycles. The van der Waals surface area contributed by atoms with E-state index in [1.807, 2.05) is 13.8 Å². The molecule has 9 heavy (non-hydrogen) atoms. The van der Waals surface area contributed by atoms with Gasteiger partial charge in [0.2, 0.25) is 5.91 Å². The Morgan fingerprint density at radius 1 is 1.78 bits per heavy atom. The van der Waals surface area contributed by atoms with Crippen molar-refractivity contribution >= 4 is 5.91 Å². The van der Waals surface area contributed by atoms with E-state index in [9.17, 15) is 4.79 Å². The molecular formula is C6H10NO2-. The van der Waals surface area contributed by atoms with Gasteiger partial charge in [-0.25, -0.2) is 0 Å². The number of carbonyl (C=O) groups excluding carboxylic acids is 1. The summed E-state index contributed by atoms with van der Waals surface area (Å²) in [4.78, 5) is 12.4. The highest BCUT2D eigenvalue weighted by molar-refractivity contribution is 5.79. The van der Waals surface area contributed by atoms with Crippen LogP contribution in [0.3, 0.4) is 0 Å². The third-order valence-electron chi connectivity index (χ3n) is 1.24. The van der Waals surface area contributed by atoms with Gasteiger partial charge < -0.3 is 9.64 Å². The molecule has 0 aromatic carbocycles. The molecule has 1 aliphatic heterocycles. The fraction of sp³-hybridized carbons (Fsp3) is 0.667. The molecule has 0 saturated carbocycles. The molecule has 0 N–H and O–H groups in total. The van der Waals surface area contributed by atoms with Crippen molar-refractivity contribution in [1.29, 1.82) is 0 Å². The van der Waals surface area contributed by atoms with Crippen molar-refractivity contribution in [3.63, 3.8) is 0 Å². The number of hydrogen-bond acceptors (Lipinski definition) is 2. The van der Waals surface area contributed by atoms with Crippen LogP contribution in [0.2, 0.25) is 0 Å². The predicted molar refractivity (Wildman–Crippen MR) is 32.2 cm³/mol. The summed E-state index contributed by atoms with van der Waals surface area (Å²) in [5.41, 5.74) is 0. The summed E-state index contributed by atoms with van der Waals surface area (Å²) in [5, 5.41) is 0. The van der Waals surface area contributed by atoms with Gasteiger partial charge in [-0.3, -0.25) is 4.79 Å². The Bertz CT molecular complexity index is 122. The maximum atomic E-state index is 10.8. The van der Waals surface area contributed by atoms with Crippen LogP contribution in [0, 0.1) is 6.73 Å². The summed E-state index contributed by atoms with van der Waals surface area (Å²) >= 11 is 0. The van der Waals surface area contributed by atoms with Crippen molar-refractivity contribution in [3.05, 3.63) is 6.73 Å². The third-order valence-corrected chi connectivity index (χ3v) is 1.24. The molecule has 52 valence electrons. The van der Waals surface area contributed by atoms with Crippen LogP contribution in [0.4, 0.5) is 0 Å². The fourth-order valence-corrected chi connectivity index (χ4v) is 0.732. The van der Waals surface area contributed by atoms with Crippen molar-refractivity contribution < 1.29 is 9.53 Å². The molecule has 0 bridgehead atoms. The number of ether oxygens (including phenoxy) is 1. The molecule has 1 amide bonds. The summed E-state index contributed by atoms with van der Waals surface area (Å²) < 4.78 is 4.78. The van der Waals surface area contributed by atoms with E-state index in [2.05, 4.69) is 0 Å². The normalized spacial score (nSPS) is 19.9. The van der Waals surface area contributed by atoms with E-state index >= 15 is 0 Å². The number of rotatable bonds is 1. The van der Waals surface area contributed by atoms with Gasteiger partial charge in [0, 0.05) is 0 Å². The monoisotopic (exact) mass is 128 g/mol. The van der Waals surface area contributed by atoms with Crippen LogP contribution in [0.1, 0.15) is 13.8 Å². The van der Waals surface area contributed by atoms with Gasteiger partial charge in [0.1, 0.15) is 0 Å². The molecule has 0 aromatic rings. The van der Waals surface area contributed by atoms with Gasteiger partial charge >= 0.3 is 0 Å². The lowest BCUT2D eigenvalue weighted by atomic mass is 10.3. The van der Waals surface area contributed by atoms with Crippen molar-refractivity contribution in [1.82, 2.24) is 4.90 Å². The molecule has 0 radical (unpaired) electrons. The average molecular weight is 128 g/mol. The van der Waals surface area contributed by atoms with Crippen molar-refractivity contribution in [2.45, 2.75) is 19.9 Å². The largest absolute Gasteiger partial charge is 0.525 e. The molecule has 0 atom stereocenters. The van der Waals surface area contributed by atoms with Gasteiger partial charge in [0.25, 0.3) is 0 Å². The van der Waals surface area contributed by atoms with Gasteiger partial charge in [0.05, 0.1) is 6.61 Å². The molecule has 0 aliphatic carbocycles. The maximum absolute atomic E-state index is 10.8. The zero-order chi connectivity index (χ0) is 6.85. The second kappa shape index (κ2) is 2.35. The number of nitrogens with zero attached hydrogens (tertiary/aromatic N) is 1. The minimum atomic E-state index is 0.0463. The first kappa shape index (κ1) is 6.55. The minimum absolute atomic E-state index is 0.0463. The molecule has 0 aromatic heterocycles. The Morgan fingerprint density at radius 2 is 2.44 bits per heavy atom. The molecule has 3 nitrogen and oxygen atoms in total. The number of amides is 1. The van der Waals surface area contributed by atoms with Crippen LogP contribution in [-0.2, 0) is 9.53 Å². The summed E-state index contributed by atoms with van der Waals surface area (Å²) in [5.74, 6) is 0.0463. The maximum Gasteiger partial charge on any atom is 0.218 e. The van der Waals surface area contributed by atoms with Crippen LogP contribution >= 0.6 is 0 Å². The topological polar surface area (TPSA) is 29.5 Å². The van der Waals surface area contributed by atoms with Crippen molar-refractivity contribution in [2.75, 3.05) is 6.61 Å². The Labute approximate surface area is 54.6 Å². The lowest BCUT2D eigenvalue weighted by Crippen LogP contribution is -2.29. The smallest absolute Gasteiger partial charge is 0.218 e. The van der Waals surface area contributed by atoms with Crippen LogP contribution < -0.4 is 0 Å². The summed E-state index contributed by atoms with van der Waals surface area (Å²) in [7, 11) is 0. The quantitative estimate of drug-likeness (QED) is 0.477. The average Bonchev–Trinajstić information content (AvgIpc) is 2.13. The lowest BCUT2D eigenvalue weighted by molar-refractivity contribution is -0.127. The molecule has 1 aliphatic rings. The van der Waals surface area contributed by atoms with Crippen LogP contribution in [0.15, 0.2) is 0 Å². The third kappa shape index (κ3) is 1.21. The summed E-state index contributed by atoms with van der Waals surface area (Å²) in [6.07, 6.45) is 0. The first-order valence-electron chi connectivity index (χ1n) is 2.98. The molecule has 1 rings (SSSR count). The Kier molecular flexibility index (Phi) is 1.71. The molecule has 3 heteroatoms. The zero-order valence-corrected chi connectivity index (χ0v) is 5.63. The summed E-state index contributed by atoms with van der Waals surface area (Å²) in [6.45, 7) is 5.58. The van der Waals surface area contributed by atoms with Crippen molar-refractivity contribution in [2.24, 2.45) is 0 Å². The predicted octanol–water partition coefficient (Wildman–Crippen LogP) is 0.373. The first-order valence-corrected chi connectivity index (χ1v) is 2.98. The molecule has 1 saturated heterocycles. The van der Waals surface area contributed by atoms with Gasteiger partial charge in [-0.05, 0) is 19.9 Å². The number of carbonyl (C=O) groups is 1. The van der Waals surface area contributed by atoms with Crippen LogP contribution in [0.5, 0.6) is 0 Å². The second-order valence-corrected chi connectivity index (χ2v) is 2.31. The molecule has 0 spiro atoms. The highest BCUT2D eigenvalue weighted by Crippen LogP contribution is 2.09. The standard InChI is InChI=1S/C6H10NO2/c1-5(2)7-4-9-3-6(7)8/h4-5H,3H2,1-2H3/q-1. The Hall–Kier alpha value is -0.570. The summed E-state index contributed by atoms with van der Waals surface area (Å²) in [6, 6.07) is 0.222. The van der Waals surface area contributed by atoms with Gasteiger partial charge in [-0.15, -0.1) is 6.73 Å². The molecular weight excluding hydrogens is 118 g/mol. The first-order chi connectivity index (χ1) is 4.22. The van der Waals surface area contributed by atoms with E-state index in [1.165, 1.54) is 6.73 Å². The van der Waals surface area contributed by atoms with E-state index in [1.54, 1.807) is 4.90 Å². The lowest BCUT2D eigenvalue weighted by Gasteiger charge is -2.27. The van der Waals surface area contributed by atoms with Gasteiger partial charge in [-0.2, -0.15) is 0 Å².